The number of rotatable bonds is 6. The molecule has 0 aliphatic rings. The number of benzene rings is 3. The van der Waals surface area contributed by atoms with Crippen LogP contribution in [-0.2, 0) is 10.0 Å². The fraction of sp³-hybridized carbons (Fsp3) is 0.174. The number of halogens is 1. The van der Waals surface area contributed by atoms with Crippen molar-refractivity contribution in [1.82, 2.24) is 5.32 Å². The van der Waals surface area contributed by atoms with E-state index in [1.165, 1.54) is 25.2 Å². The molecule has 7 heteroatoms. The summed E-state index contributed by atoms with van der Waals surface area (Å²) < 4.78 is 40.1. The van der Waals surface area contributed by atoms with Crippen molar-refractivity contribution in [2.45, 2.75) is 24.8 Å². The van der Waals surface area contributed by atoms with E-state index in [0.29, 0.717) is 11.3 Å². The van der Waals surface area contributed by atoms with Crippen molar-refractivity contribution in [2.75, 3.05) is 11.4 Å². The van der Waals surface area contributed by atoms with Gasteiger partial charge in [0.1, 0.15) is 5.82 Å². The number of carbonyl (C=O) groups excluding carboxylic acids is 1. The normalized spacial score (nSPS) is 12.3. The van der Waals surface area contributed by atoms with Crippen molar-refractivity contribution in [3.63, 3.8) is 0 Å². The molecule has 3 aromatic rings. The van der Waals surface area contributed by atoms with E-state index in [2.05, 4.69) is 5.32 Å². The minimum Gasteiger partial charge on any atom is -0.346 e. The van der Waals surface area contributed by atoms with Gasteiger partial charge < -0.3 is 5.32 Å². The topological polar surface area (TPSA) is 66.5 Å². The predicted octanol–water partition coefficient (Wildman–Crippen LogP) is 4.45. The van der Waals surface area contributed by atoms with Crippen LogP contribution >= 0.6 is 0 Å². The van der Waals surface area contributed by atoms with Crippen LogP contribution in [0.1, 0.15) is 34.5 Å². The Labute approximate surface area is 176 Å². The SMILES string of the molecule is Cc1ccc(S(=O)(=O)N(C)c2cccc(C(=O)N[C@@H](C)c3ccc(F)cc3)c2)cc1. The zero-order valence-electron chi connectivity index (χ0n) is 17.0. The van der Waals surface area contributed by atoms with E-state index in [0.717, 1.165) is 15.4 Å². The van der Waals surface area contributed by atoms with Gasteiger partial charge in [0.15, 0.2) is 0 Å². The quantitative estimate of drug-likeness (QED) is 0.633. The van der Waals surface area contributed by atoms with E-state index >= 15 is 0 Å². The third-order valence-electron chi connectivity index (χ3n) is 4.87. The first-order chi connectivity index (χ1) is 14.2. The lowest BCUT2D eigenvalue weighted by Crippen LogP contribution is -2.28. The summed E-state index contributed by atoms with van der Waals surface area (Å²) in [6, 6.07) is 18.5. The van der Waals surface area contributed by atoms with Gasteiger partial charge in [0.2, 0.25) is 0 Å². The molecule has 0 saturated carbocycles. The van der Waals surface area contributed by atoms with Crippen LogP contribution in [0.4, 0.5) is 10.1 Å². The maximum Gasteiger partial charge on any atom is 0.264 e. The molecule has 1 amide bonds. The number of aryl methyl sites for hydroxylation is 1. The Morgan fingerprint density at radius 3 is 2.27 bits per heavy atom. The highest BCUT2D eigenvalue weighted by molar-refractivity contribution is 7.92. The maximum atomic E-state index is 13.1. The number of anilines is 1. The molecule has 0 radical (unpaired) electrons. The van der Waals surface area contributed by atoms with E-state index in [9.17, 15) is 17.6 Å². The number of nitrogens with one attached hydrogen (secondary N) is 1. The molecule has 3 rings (SSSR count). The summed E-state index contributed by atoms with van der Waals surface area (Å²) in [6.45, 7) is 3.68. The minimum absolute atomic E-state index is 0.176. The fourth-order valence-electron chi connectivity index (χ4n) is 2.96. The lowest BCUT2D eigenvalue weighted by molar-refractivity contribution is 0.0940. The summed E-state index contributed by atoms with van der Waals surface area (Å²) in [7, 11) is -2.30. The second kappa shape index (κ2) is 8.67. The van der Waals surface area contributed by atoms with Crippen LogP contribution in [0.15, 0.2) is 77.7 Å². The number of hydrogen-bond acceptors (Lipinski definition) is 3. The summed E-state index contributed by atoms with van der Waals surface area (Å²) in [5.74, 6) is -0.697. The highest BCUT2D eigenvalue weighted by Crippen LogP contribution is 2.23. The van der Waals surface area contributed by atoms with E-state index in [1.54, 1.807) is 61.5 Å². The lowest BCUT2D eigenvalue weighted by atomic mass is 10.1. The number of carbonyl (C=O) groups is 1. The molecule has 0 heterocycles. The molecule has 0 saturated heterocycles. The van der Waals surface area contributed by atoms with Gasteiger partial charge in [0.25, 0.3) is 15.9 Å². The Kier molecular flexibility index (Phi) is 6.22. The predicted molar refractivity (Wildman–Crippen MR) is 115 cm³/mol. The molecule has 0 aromatic heterocycles. The molecular formula is C23H23FN2O3S. The first-order valence-electron chi connectivity index (χ1n) is 9.40. The van der Waals surface area contributed by atoms with Crippen LogP contribution in [0.3, 0.4) is 0 Å². The number of sulfonamides is 1. The summed E-state index contributed by atoms with van der Waals surface area (Å²) >= 11 is 0. The Bertz CT molecular complexity index is 1140. The summed E-state index contributed by atoms with van der Waals surface area (Å²) in [4.78, 5) is 12.9. The molecule has 3 aromatic carbocycles. The molecule has 1 atom stereocenters. The van der Waals surface area contributed by atoms with Gasteiger partial charge in [-0.15, -0.1) is 0 Å². The number of amides is 1. The van der Waals surface area contributed by atoms with Crippen LogP contribution in [0.2, 0.25) is 0 Å². The average Bonchev–Trinajstić information content (AvgIpc) is 2.74. The first kappa shape index (κ1) is 21.5. The maximum absolute atomic E-state index is 13.1. The van der Waals surface area contributed by atoms with Gasteiger partial charge in [-0.25, -0.2) is 12.8 Å². The van der Waals surface area contributed by atoms with Gasteiger partial charge >= 0.3 is 0 Å². The zero-order chi connectivity index (χ0) is 21.9. The smallest absolute Gasteiger partial charge is 0.264 e. The molecule has 1 N–H and O–H groups in total. The average molecular weight is 427 g/mol. The Morgan fingerprint density at radius 2 is 1.63 bits per heavy atom. The Morgan fingerprint density at radius 1 is 1.00 bits per heavy atom. The first-order valence-corrected chi connectivity index (χ1v) is 10.8. The molecular weight excluding hydrogens is 403 g/mol. The van der Waals surface area contributed by atoms with Gasteiger partial charge in [-0.1, -0.05) is 35.9 Å². The highest BCUT2D eigenvalue weighted by atomic mass is 32.2. The Balaban J connectivity index is 1.80. The molecule has 0 bridgehead atoms. The summed E-state index contributed by atoms with van der Waals surface area (Å²) in [5, 5.41) is 2.85. The van der Waals surface area contributed by atoms with Gasteiger partial charge in [-0.05, 0) is 61.9 Å². The van der Waals surface area contributed by atoms with E-state index < -0.39 is 10.0 Å². The highest BCUT2D eigenvalue weighted by Gasteiger charge is 2.22. The van der Waals surface area contributed by atoms with Crippen molar-refractivity contribution in [3.05, 3.63) is 95.3 Å². The largest absolute Gasteiger partial charge is 0.346 e. The van der Waals surface area contributed by atoms with Gasteiger partial charge in [0, 0.05) is 12.6 Å². The third-order valence-corrected chi connectivity index (χ3v) is 6.67. The molecule has 156 valence electrons. The van der Waals surface area contributed by atoms with Crippen molar-refractivity contribution in [3.8, 4) is 0 Å². The lowest BCUT2D eigenvalue weighted by Gasteiger charge is -2.20. The molecule has 0 unspecified atom stereocenters. The van der Waals surface area contributed by atoms with Crippen LogP contribution in [0.25, 0.3) is 0 Å². The van der Waals surface area contributed by atoms with Crippen molar-refractivity contribution < 1.29 is 17.6 Å². The van der Waals surface area contributed by atoms with Gasteiger partial charge in [-0.3, -0.25) is 9.10 Å². The number of nitrogens with zero attached hydrogens (tertiary/aromatic N) is 1. The second-order valence-corrected chi connectivity index (χ2v) is 9.05. The monoisotopic (exact) mass is 426 g/mol. The van der Waals surface area contributed by atoms with Crippen molar-refractivity contribution in [2.24, 2.45) is 0 Å². The van der Waals surface area contributed by atoms with Crippen LogP contribution in [-0.4, -0.2) is 21.4 Å². The molecule has 0 aliphatic carbocycles. The van der Waals surface area contributed by atoms with Gasteiger partial charge in [0.05, 0.1) is 16.6 Å². The summed E-state index contributed by atoms with van der Waals surface area (Å²) in [5.41, 5.74) is 2.43. The molecule has 0 spiro atoms. The Hall–Kier alpha value is -3.19. The molecule has 30 heavy (non-hydrogen) atoms. The van der Waals surface area contributed by atoms with Crippen molar-refractivity contribution >= 4 is 21.6 Å². The summed E-state index contributed by atoms with van der Waals surface area (Å²) in [6.07, 6.45) is 0. The van der Waals surface area contributed by atoms with Crippen LogP contribution in [0, 0.1) is 12.7 Å². The van der Waals surface area contributed by atoms with Gasteiger partial charge in [-0.2, -0.15) is 0 Å². The van der Waals surface area contributed by atoms with Crippen molar-refractivity contribution in [1.29, 1.82) is 0 Å². The molecule has 5 nitrogen and oxygen atoms in total. The minimum atomic E-state index is -3.76. The molecule has 0 aliphatic heterocycles. The second-order valence-electron chi connectivity index (χ2n) is 7.08. The molecule has 0 fully saturated rings. The van der Waals surface area contributed by atoms with E-state index in [-0.39, 0.29) is 22.7 Å². The third kappa shape index (κ3) is 4.68. The van der Waals surface area contributed by atoms with Crippen LogP contribution in [0.5, 0.6) is 0 Å². The van der Waals surface area contributed by atoms with E-state index in [1.807, 2.05) is 6.92 Å². The van der Waals surface area contributed by atoms with Crippen LogP contribution < -0.4 is 9.62 Å². The standard InChI is InChI=1S/C23H23FN2O3S/c1-16-7-13-22(14-8-16)30(28,29)26(3)21-6-4-5-19(15-21)23(27)25-17(2)18-9-11-20(24)12-10-18/h4-15,17H,1-3H3,(H,25,27)/t17-/m0/s1. The number of hydrogen-bond donors (Lipinski definition) is 1. The fourth-order valence-corrected chi connectivity index (χ4v) is 4.15. The zero-order valence-corrected chi connectivity index (χ0v) is 17.8. The van der Waals surface area contributed by atoms with E-state index in [4.69, 9.17) is 0 Å².